The number of rotatable bonds is 5. The fourth-order valence-electron chi connectivity index (χ4n) is 4.30. The number of allylic oxidation sites excluding steroid dienone is 1. The van der Waals surface area contributed by atoms with E-state index in [1.807, 2.05) is 49.1 Å². The van der Waals surface area contributed by atoms with Gasteiger partial charge in [-0.15, -0.1) is 0 Å². The standard InChI is InChI=1S/C26H25N3O2/c1-26(2)25(30)29(16-13-19-8-7-18-5-3-4-6-22(18)19)23-10-9-21(17-24(23)31-26)28-20-11-14-27-15-12-20/h3-6,8-12,14-15,17H,7,13,16H2,1-2H3,(H,27,28). The van der Waals surface area contributed by atoms with E-state index in [9.17, 15) is 4.79 Å². The average molecular weight is 412 g/mol. The van der Waals surface area contributed by atoms with Crippen molar-refractivity contribution in [3.8, 4) is 5.75 Å². The molecule has 0 spiro atoms. The fraction of sp³-hybridized carbons (Fsp3) is 0.231. The minimum Gasteiger partial charge on any atom is -0.476 e. The van der Waals surface area contributed by atoms with Crippen LogP contribution < -0.4 is 15.0 Å². The van der Waals surface area contributed by atoms with E-state index >= 15 is 0 Å². The van der Waals surface area contributed by atoms with E-state index in [1.54, 1.807) is 12.4 Å². The van der Waals surface area contributed by atoms with Crippen molar-refractivity contribution >= 4 is 28.5 Å². The van der Waals surface area contributed by atoms with Gasteiger partial charge in [-0.25, -0.2) is 0 Å². The molecule has 0 atom stereocenters. The molecule has 5 nitrogen and oxygen atoms in total. The second-order valence-electron chi connectivity index (χ2n) is 8.45. The maximum Gasteiger partial charge on any atom is 0.270 e. The van der Waals surface area contributed by atoms with Crippen molar-refractivity contribution in [2.45, 2.75) is 32.3 Å². The molecular weight excluding hydrogens is 386 g/mol. The third-order valence-electron chi connectivity index (χ3n) is 5.88. The number of fused-ring (bicyclic) bond motifs is 2. The molecule has 0 unspecified atom stereocenters. The molecule has 2 aromatic carbocycles. The lowest BCUT2D eigenvalue weighted by molar-refractivity contribution is -0.132. The lowest BCUT2D eigenvalue weighted by Gasteiger charge is -2.39. The molecule has 156 valence electrons. The van der Waals surface area contributed by atoms with Crippen LogP contribution in [0.3, 0.4) is 0 Å². The van der Waals surface area contributed by atoms with Crippen LogP contribution in [0.5, 0.6) is 5.75 Å². The van der Waals surface area contributed by atoms with Crippen molar-refractivity contribution in [3.05, 3.63) is 84.2 Å². The summed E-state index contributed by atoms with van der Waals surface area (Å²) >= 11 is 0. The molecule has 1 amide bonds. The number of anilines is 3. The number of nitrogens with zero attached hydrogens (tertiary/aromatic N) is 2. The van der Waals surface area contributed by atoms with Gasteiger partial charge < -0.3 is 15.0 Å². The lowest BCUT2D eigenvalue weighted by Crippen LogP contribution is -2.52. The molecule has 1 aliphatic heterocycles. The zero-order valence-electron chi connectivity index (χ0n) is 17.8. The van der Waals surface area contributed by atoms with Gasteiger partial charge in [-0.2, -0.15) is 0 Å². The monoisotopic (exact) mass is 411 g/mol. The van der Waals surface area contributed by atoms with Crippen molar-refractivity contribution in [2.24, 2.45) is 0 Å². The average Bonchev–Trinajstić information content (AvgIpc) is 3.18. The number of hydrogen-bond acceptors (Lipinski definition) is 4. The molecule has 0 saturated carbocycles. The molecule has 0 fully saturated rings. The van der Waals surface area contributed by atoms with E-state index in [4.69, 9.17) is 4.74 Å². The number of hydrogen-bond donors (Lipinski definition) is 1. The Morgan fingerprint density at radius 3 is 2.71 bits per heavy atom. The highest BCUT2D eigenvalue weighted by molar-refractivity contribution is 6.02. The number of pyridine rings is 1. The highest BCUT2D eigenvalue weighted by Gasteiger charge is 2.41. The molecule has 1 N–H and O–H groups in total. The second-order valence-corrected chi connectivity index (χ2v) is 8.45. The largest absolute Gasteiger partial charge is 0.476 e. The first-order chi connectivity index (χ1) is 15.0. The van der Waals surface area contributed by atoms with E-state index < -0.39 is 5.60 Å². The van der Waals surface area contributed by atoms with Crippen molar-refractivity contribution in [3.63, 3.8) is 0 Å². The third-order valence-corrected chi connectivity index (χ3v) is 5.88. The van der Waals surface area contributed by atoms with Gasteiger partial charge in [-0.05, 0) is 67.7 Å². The molecule has 1 aliphatic carbocycles. The smallest absolute Gasteiger partial charge is 0.270 e. The predicted octanol–water partition coefficient (Wildman–Crippen LogP) is 5.36. The number of carbonyl (C=O) groups is 1. The molecule has 0 saturated heterocycles. The quantitative estimate of drug-likeness (QED) is 0.614. The summed E-state index contributed by atoms with van der Waals surface area (Å²) in [6, 6.07) is 18.2. The Bertz CT molecular complexity index is 1170. The first-order valence-corrected chi connectivity index (χ1v) is 10.6. The lowest BCUT2D eigenvalue weighted by atomic mass is 10.0. The number of carbonyl (C=O) groups excluding carboxylic acids is 1. The van der Waals surface area contributed by atoms with Gasteiger partial charge in [-0.3, -0.25) is 9.78 Å². The molecule has 0 bridgehead atoms. The summed E-state index contributed by atoms with van der Waals surface area (Å²) in [6.07, 6.45) is 7.56. The van der Waals surface area contributed by atoms with Crippen LogP contribution in [0.25, 0.3) is 5.57 Å². The van der Waals surface area contributed by atoms with Crippen molar-refractivity contribution in [2.75, 3.05) is 16.8 Å². The molecule has 31 heavy (non-hydrogen) atoms. The minimum absolute atomic E-state index is 0.0123. The summed E-state index contributed by atoms with van der Waals surface area (Å²) in [5, 5.41) is 3.36. The van der Waals surface area contributed by atoms with Crippen LogP contribution in [0.2, 0.25) is 0 Å². The van der Waals surface area contributed by atoms with E-state index in [1.165, 1.54) is 16.7 Å². The van der Waals surface area contributed by atoms with Gasteiger partial charge in [0.15, 0.2) is 5.60 Å². The molecule has 1 aromatic heterocycles. The van der Waals surface area contributed by atoms with E-state index in [-0.39, 0.29) is 5.91 Å². The van der Waals surface area contributed by atoms with Crippen molar-refractivity contribution in [1.82, 2.24) is 4.98 Å². The Kier molecular flexibility index (Phi) is 4.74. The maximum atomic E-state index is 13.2. The maximum absolute atomic E-state index is 13.2. The first kappa shape index (κ1) is 19.4. The van der Waals surface area contributed by atoms with Crippen LogP contribution in [-0.4, -0.2) is 23.0 Å². The Morgan fingerprint density at radius 2 is 1.87 bits per heavy atom. The summed E-state index contributed by atoms with van der Waals surface area (Å²) < 4.78 is 6.11. The minimum atomic E-state index is -0.912. The van der Waals surface area contributed by atoms with Gasteiger partial charge in [-0.1, -0.05) is 30.3 Å². The first-order valence-electron chi connectivity index (χ1n) is 10.6. The van der Waals surface area contributed by atoms with E-state index in [0.29, 0.717) is 12.3 Å². The van der Waals surface area contributed by atoms with Gasteiger partial charge in [0.1, 0.15) is 5.75 Å². The summed E-state index contributed by atoms with van der Waals surface area (Å²) in [5.41, 5.74) is 5.73. The summed E-state index contributed by atoms with van der Waals surface area (Å²) in [4.78, 5) is 19.1. The zero-order chi connectivity index (χ0) is 21.4. The molecule has 3 aromatic rings. The molecule has 0 radical (unpaired) electrons. The number of benzene rings is 2. The molecule has 5 rings (SSSR count). The van der Waals surface area contributed by atoms with Crippen LogP contribution in [-0.2, 0) is 11.2 Å². The van der Waals surface area contributed by atoms with Gasteiger partial charge in [0.05, 0.1) is 5.69 Å². The van der Waals surface area contributed by atoms with Crippen LogP contribution in [0, 0.1) is 0 Å². The fourth-order valence-corrected chi connectivity index (χ4v) is 4.30. The van der Waals surface area contributed by atoms with Gasteiger partial charge in [0.2, 0.25) is 0 Å². The SMILES string of the molecule is CC1(C)Oc2cc(Nc3ccncc3)ccc2N(CCC2=CCc3ccccc32)C1=O. The Balaban J connectivity index is 1.40. The van der Waals surface area contributed by atoms with Crippen LogP contribution in [0.1, 0.15) is 31.4 Å². The van der Waals surface area contributed by atoms with E-state index in [0.717, 1.165) is 29.9 Å². The van der Waals surface area contributed by atoms with E-state index in [2.05, 4.69) is 40.6 Å². The van der Waals surface area contributed by atoms with Crippen molar-refractivity contribution in [1.29, 1.82) is 0 Å². The summed E-state index contributed by atoms with van der Waals surface area (Å²) in [6.45, 7) is 4.28. The molecule has 2 heterocycles. The summed E-state index contributed by atoms with van der Waals surface area (Å²) in [7, 11) is 0. The van der Waals surface area contributed by atoms with Crippen LogP contribution in [0.15, 0.2) is 73.1 Å². The molecule has 5 heteroatoms. The molecular formula is C26H25N3O2. The number of nitrogens with one attached hydrogen (secondary N) is 1. The molecule has 2 aliphatic rings. The van der Waals surface area contributed by atoms with Crippen LogP contribution >= 0.6 is 0 Å². The Hall–Kier alpha value is -3.60. The third kappa shape index (κ3) is 3.67. The highest BCUT2D eigenvalue weighted by atomic mass is 16.5. The second kappa shape index (κ2) is 7.58. The normalized spacial score (nSPS) is 16.3. The van der Waals surface area contributed by atoms with Gasteiger partial charge >= 0.3 is 0 Å². The number of aromatic nitrogens is 1. The summed E-state index contributed by atoms with van der Waals surface area (Å²) in [5.74, 6) is 0.700. The Labute approximate surface area is 182 Å². The van der Waals surface area contributed by atoms with Crippen molar-refractivity contribution < 1.29 is 9.53 Å². The number of ether oxygens (including phenoxy) is 1. The Morgan fingerprint density at radius 1 is 1.06 bits per heavy atom. The predicted molar refractivity (Wildman–Crippen MR) is 124 cm³/mol. The zero-order valence-corrected chi connectivity index (χ0v) is 17.8. The van der Waals surface area contributed by atoms with Gasteiger partial charge in [0, 0.05) is 36.4 Å². The number of amides is 1. The highest BCUT2D eigenvalue weighted by Crippen LogP contribution is 2.41. The topological polar surface area (TPSA) is 54.5 Å². The van der Waals surface area contributed by atoms with Crippen LogP contribution in [0.4, 0.5) is 17.1 Å². The van der Waals surface area contributed by atoms with Gasteiger partial charge in [0.25, 0.3) is 5.91 Å².